The summed E-state index contributed by atoms with van der Waals surface area (Å²) < 4.78 is 0. The Kier molecular flexibility index (Phi) is 3.01. The van der Waals surface area contributed by atoms with Gasteiger partial charge in [0.25, 0.3) is 5.91 Å². The highest BCUT2D eigenvalue weighted by Gasteiger charge is 2.27. The van der Waals surface area contributed by atoms with Crippen LogP contribution in [-0.4, -0.2) is 33.9 Å². The molecule has 1 fully saturated rings. The van der Waals surface area contributed by atoms with Crippen LogP contribution in [0.3, 0.4) is 0 Å². The maximum absolute atomic E-state index is 12.4. The minimum Gasteiger partial charge on any atom is -0.349 e. The molecule has 1 aliphatic carbocycles. The highest BCUT2D eigenvalue weighted by molar-refractivity contribution is 5.97. The Morgan fingerprint density at radius 2 is 2.37 bits per heavy atom. The van der Waals surface area contributed by atoms with Crippen LogP contribution in [0.1, 0.15) is 36.7 Å². The van der Waals surface area contributed by atoms with Crippen LogP contribution in [-0.2, 0) is 0 Å². The number of pyridine rings is 1. The lowest BCUT2D eigenvalue weighted by molar-refractivity contribution is 0.0728. The molecule has 100 valence electrons. The predicted octanol–water partition coefficient (Wildman–Crippen LogP) is 2.82. The summed E-state index contributed by atoms with van der Waals surface area (Å²) in [6.07, 6.45) is 5.50. The molecule has 1 aliphatic rings. The van der Waals surface area contributed by atoms with Crippen LogP contribution >= 0.6 is 0 Å². The second-order valence-electron chi connectivity index (χ2n) is 5.56. The summed E-state index contributed by atoms with van der Waals surface area (Å²) in [6, 6.07) is 5.93. The van der Waals surface area contributed by atoms with Gasteiger partial charge < -0.3 is 9.88 Å². The van der Waals surface area contributed by atoms with Crippen LogP contribution in [0.15, 0.2) is 24.4 Å². The summed E-state index contributed by atoms with van der Waals surface area (Å²) in [7, 11) is 1.88. The van der Waals surface area contributed by atoms with Crippen LogP contribution in [0.5, 0.6) is 0 Å². The molecule has 0 bridgehead atoms. The van der Waals surface area contributed by atoms with E-state index in [1.807, 2.05) is 30.1 Å². The van der Waals surface area contributed by atoms with Gasteiger partial charge in [0.1, 0.15) is 5.69 Å². The van der Waals surface area contributed by atoms with Gasteiger partial charge in [-0.25, -0.2) is 0 Å². The second kappa shape index (κ2) is 4.68. The Balaban J connectivity index is 1.77. The van der Waals surface area contributed by atoms with Gasteiger partial charge in [-0.15, -0.1) is 0 Å². The first-order valence-electron chi connectivity index (χ1n) is 6.86. The molecule has 4 heteroatoms. The lowest BCUT2D eigenvalue weighted by Crippen LogP contribution is -2.35. The molecule has 0 aromatic carbocycles. The number of hydrogen-bond donors (Lipinski definition) is 1. The smallest absolute Gasteiger partial charge is 0.270 e. The minimum atomic E-state index is 0.0474. The third-order valence-electron chi connectivity index (χ3n) is 3.97. The van der Waals surface area contributed by atoms with Crippen LogP contribution in [0.25, 0.3) is 11.0 Å². The summed E-state index contributed by atoms with van der Waals surface area (Å²) in [4.78, 5) is 21.7. The van der Waals surface area contributed by atoms with Gasteiger partial charge in [-0.1, -0.05) is 12.8 Å². The second-order valence-corrected chi connectivity index (χ2v) is 5.56. The summed E-state index contributed by atoms with van der Waals surface area (Å²) in [5.74, 6) is 0.876. The molecule has 1 unspecified atom stereocenters. The molecular weight excluding hydrogens is 238 g/mol. The minimum absolute atomic E-state index is 0.0474. The van der Waals surface area contributed by atoms with Crippen molar-refractivity contribution in [2.75, 3.05) is 7.05 Å². The molecule has 2 aromatic heterocycles. The third kappa shape index (κ3) is 2.48. The number of nitrogens with zero attached hydrogens (tertiary/aromatic N) is 2. The Labute approximate surface area is 112 Å². The fourth-order valence-corrected chi connectivity index (χ4v) is 2.46. The van der Waals surface area contributed by atoms with E-state index in [4.69, 9.17) is 0 Å². The van der Waals surface area contributed by atoms with Crippen molar-refractivity contribution in [3.63, 3.8) is 0 Å². The monoisotopic (exact) mass is 257 g/mol. The first-order chi connectivity index (χ1) is 9.15. The molecule has 3 rings (SSSR count). The molecule has 2 heterocycles. The van der Waals surface area contributed by atoms with Gasteiger partial charge in [0.05, 0.1) is 11.0 Å². The number of carbonyl (C=O) groups excluding carboxylic acids is 1. The fraction of sp³-hybridized carbons (Fsp3) is 0.467. The van der Waals surface area contributed by atoms with E-state index in [-0.39, 0.29) is 5.91 Å². The Hall–Kier alpha value is -1.84. The van der Waals surface area contributed by atoms with Crippen molar-refractivity contribution < 1.29 is 4.79 Å². The first-order valence-corrected chi connectivity index (χ1v) is 6.86. The van der Waals surface area contributed by atoms with Crippen molar-refractivity contribution in [2.45, 2.75) is 32.2 Å². The number of fused-ring (bicyclic) bond motifs is 1. The van der Waals surface area contributed by atoms with Gasteiger partial charge in [-0.05, 0) is 37.5 Å². The molecule has 4 nitrogen and oxygen atoms in total. The van der Waals surface area contributed by atoms with E-state index in [0.29, 0.717) is 11.7 Å². The summed E-state index contributed by atoms with van der Waals surface area (Å²) in [5, 5.41) is 0. The van der Waals surface area contributed by atoms with Gasteiger partial charge >= 0.3 is 0 Å². The van der Waals surface area contributed by atoms with Crippen molar-refractivity contribution >= 4 is 16.9 Å². The molecular formula is C15H19N3O. The van der Waals surface area contributed by atoms with Gasteiger partial charge in [0.2, 0.25) is 0 Å². The number of amides is 1. The highest BCUT2D eigenvalue weighted by Crippen LogP contribution is 2.34. The molecule has 19 heavy (non-hydrogen) atoms. The number of H-pyrrole nitrogens is 1. The van der Waals surface area contributed by atoms with Crippen LogP contribution in [0.4, 0.5) is 0 Å². The highest BCUT2D eigenvalue weighted by atomic mass is 16.2. The Morgan fingerprint density at radius 1 is 1.58 bits per heavy atom. The van der Waals surface area contributed by atoms with Crippen LogP contribution < -0.4 is 0 Å². The average molecular weight is 257 g/mol. The summed E-state index contributed by atoms with van der Waals surface area (Å²) in [5.41, 5.74) is 2.38. The molecule has 0 saturated heterocycles. The quantitative estimate of drug-likeness (QED) is 0.915. The average Bonchev–Trinajstić information content (AvgIpc) is 3.12. The number of carbonyl (C=O) groups is 1. The van der Waals surface area contributed by atoms with E-state index < -0.39 is 0 Å². The predicted molar refractivity (Wildman–Crippen MR) is 75.0 cm³/mol. The van der Waals surface area contributed by atoms with E-state index in [0.717, 1.165) is 23.4 Å². The van der Waals surface area contributed by atoms with Crippen molar-refractivity contribution in [3.05, 3.63) is 30.1 Å². The molecule has 0 radical (unpaired) electrons. The molecule has 0 aliphatic heterocycles. The lowest BCUT2D eigenvalue weighted by Gasteiger charge is -2.24. The van der Waals surface area contributed by atoms with E-state index >= 15 is 0 Å². The normalized spacial score (nSPS) is 16.5. The molecule has 1 saturated carbocycles. The molecule has 0 spiro atoms. The van der Waals surface area contributed by atoms with Crippen molar-refractivity contribution in [2.24, 2.45) is 5.92 Å². The number of nitrogens with one attached hydrogen (secondary N) is 1. The molecule has 1 N–H and O–H groups in total. The van der Waals surface area contributed by atoms with E-state index in [1.165, 1.54) is 12.8 Å². The topological polar surface area (TPSA) is 49.0 Å². The SMILES string of the molecule is CC(CC1CC1)N(C)C(=O)c1cc2ncccc2[nH]1. The Bertz CT molecular complexity index is 567. The van der Waals surface area contributed by atoms with Crippen LogP contribution in [0.2, 0.25) is 0 Å². The first kappa shape index (κ1) is 12.2. The van der Waals surface area contributed by atoms with E-state index in [2.05, 4.69) is 16.9 Å². The van der Waals surface area contributed by atoms with Crippen molar-refractivity contribution in [1.29, 1.82) is 0 Å². The van der Waals surface area contributed by atoms with Crippen LogP contribution in [0, 0.1) is 5.92 Å². The standard InChI is InChI=1S/C15H19N3O/c1-10(8-11-5-6-11)18(2)15(19)14-9-13-12(17-14)4-3-7-16-13/h3-4,7,9-11,17H,5-6,8H2,1-2H3. The lowest BCUT2D eigenvalue weighted by atomic mass is 10.1. The summed E-state index contributed by atoms with van der Waals surface area (Å²) >= 11 is 0. The number of rotatable bonds is 4. The number of aromatic amines is 1. The van der Waals surface area contributed by atoms with Gasteiger partial charge in [0, 0.05) is 19.3 Å². The summed E-state index contributed by atoms with van der Waals surface area (Å²) in [6.45, 7) is 2.12. The van der Waals surface area contributed by atoms with Gasteiger partial charge in [0.15, 0.2) is 0 Å². The third-order valence-corrected chi connectivity index (χ3v) is 3.97. The zero-order chi connectivity index (χ0) is 13.4. The number of aromatic nitrogens is 2. The van der Waals surface area contributed by atoms with Crippen molar-refractivity contribution in [3.8, 4) is 0 Å². The van der Waals surface area contributed by atoms with Crippen molar-refractivity contribution in [1.82, 2.24) is 14.9 Å². The maximum atomic E-state index is 12.4. The largest absolute Gasteiger partial charge is 0.349 e. The zero-order valence-electron chi connectivity index (χ0n) is 11.4. The maximum Gasteiger partial charge on any atom is 0.270 e. The fourth-order valence-electron chi connectivity index (χ4n) is 2.46. The molecule has 1 atom stereocenters. The van der Waals surface area contributed by atoms with Gasteiger partial charge in [-0.2, -0.15) is 0 Å². The van der Waals surface area contributed by atoms with Gasteiger partial charge in [-0.3, -0.25) is 9.78 Å². The van der Waals surface area contributed by atoms with E-state index in [1.54, 1.807) is 6.20 Å². The zero-order valence-corrected chi connectivity index (χ0v) is 11.4. The Morgan fingerprint density at radius 3 is 3.05 bits per heavy atom. The number of hydrogen-bond acceptors (Lipinski definition) is 2. The molecule has 1 amide bonds. The molecule has 2 aromatic rings. The van der Waals surface area contributed by atoms with E-state index in [9.17, 15) is 4.79 Å².